The third kappa shape index (κ3) is 10.5. The van der Waals surface area contributed by atoms with Crippen molar-refractivity contribution in [3.05, 3.63) is 76.8 Å². The van der Waals surface area contributed by atoms with Crippen LogP contribution < -0.4 is 16.8 Å². The van der Waals surface area contributed by atoms with E-state index in [-0.39, 0.29) is 140 Å². The molecule has 6 bridgehead atoms. The summed E-state index contributed by atoms with van der Waals surface area (Å²) in [6.07, 6.45) is 7.93. The minimum Gasteiger partial charge on any atom is -0.508 e. The van der Waals surface area contributed by atoms with E-state index in [0.717, 1.165) is 43.2 Å². The van der Waals surface area contributed by atoms with Crippen molar-refractivity contribution in [2.75, 3.05) is 31.3 Å². The third-order valence-electron chi connectivity index (χ3n) is 24.6. The lowest BCUT2D eigenvalue weighted by molar-refractivity contribution is -0.195. The number of Topliss-reactive ketones (excluding diaryl/α,β-unsaturated/α-hetero) is 2. The number of cyclic esters (lactones) is 1. The molecular formula is C68H93N5O12S2. The van der Waals surface area contributed by atoms with Crippen LogP contribution in [0.25, 0.3) is 0 Å². The fourth-order valence-electron chi connectivity index (χ4n) is 21.0. The number of phenols is 1. The normalized spacial score (nSPS) is 45.4. The minimum absolute atomic E-state index is 0.00384. The van der Waals surface area contributed by atoms with Gasteiger partial charge in [0.25, 0.3) is 0 Å². The number of carbonyl (C=O) groups excluding carboxylic acids is 3. The first-order valence-corrected chi connectivity index (χ1v) is 35.0. The maximum absolute atomic E-state index is 16.3. The van der Waals surface area contributed by atoms with E-state index in [1.165, 1.54) is 27.2 Å². The second-order valence-corrected chi connectivity index (χ2v) is 31.5. The van der Waals surface area contributed by atoms with E-state index in [1.54, 1.807) is 31.2 Å². The van der Waals surface area contributed by atoms with Crippen LogP contribution >= 0.6 is 21.6 Å². The van der Waals surface area contributed by atoms with Gasteiger partial charge in [-0.2, -0.15) is 0 Å². The summed E-state index contributed by atoms with van der Waals surface area (Å²) in [5.74, 6) is 1.88. The Bertz CT molecular complexity index is 3070. The summed E-state index contributed by atoms with van der Waals surface area (Å²) in [4.78, 5) is 53.4. The number of hydrogen-bond donors (Lipinski definition) is 12. The number of esters is 1. The average molecular weight is 1240 g/mol. The Morgan fingerprint density at radius 3 is 2.39 bits per heavy atom. The zero-order valence-corrected chi connectivity index (χ0v) is 52.4. The highest BCUT2D eigenvalue weighted by molar-refractivity contribution is 8.76. The molecule has 0 amide bonds. The number of aliphatic hydroxyl groups excluding tert-OH is 5. The number of carbonyl (C=O) groups is 3. The summed E-state index contributed by atoms with van der Waals surface area (Å²) in [5, 5.41) is 103. The Labute approximate surface area is 519 Å². The second-order valence-electron chi connectivity index (χ2n) is 28.9. The number of allylic oxidation sites excluding steroid dienone is 3. The molecule has 7 fully saturated rings. The number of aromatic nitrogens is 1. The molecule has 0 spiro atoms. The highest BCUT2D eigenvalue weighted by atomic mass is 33.1. The highest BCUT2D eigenvalue weighted by Gasteiger charge is 2.75. The van der Waals surface area contributed by atoms with Gasteiger partial charge in [0.2, 0.25) is 0 Å². The van der Waals surface area contributed by atoms with Gasteiger partial charge in [-0.15, -0.1) is 5.92 Å². The van der Waals surface area contributed by atoms with Crippen LogP contribution in [-0.4, -0.2) is 142 Å². The van der Waals surface area contributed by atoms with Crippen LogP contribution in [0.4, 0.5) is 0 Å². The summed E-state index contributed by atoms with van der Waals surface area (Å²) in [6.45, 7) is 7.07. The van der Waals surface area contributed by atoms with Gasteiger partial charge in [-0.1, -0.05) is 72.1 Å². The molecule has 2 aliphatic heterocycles. The molecule has 17 nitrogen and oxygen atoms in total. The van der Waals surface area contributed by atoms with Gasteiger partial charge in [0.1, 0.15) is 17.9 Å². The maximum Gasteiger partial charge on any atom is 0.314 e. The number of guanidine groups is 1. The van der Waals surface area contributed by atoms with Crippen molar-refractivity contribution in [1.82, 2.24) is 10.3 Å². The van der Waals surface area contributed by atoms with E-state index >= 15 is 4.79 Å². The standard InChI is InChI=1S/C68H93N5O12S2/c1-5-51-56(54(63(82)85-51)39-18-21-71-29-39)43-8-6-7-38-27-68(84)58-47(65(3)28-50(78)60(80)46-33-87-86-32-41(35-11-14-42(76)15-12-35)25-49(77)48(31-75)73-59(58)61(81)57(46)65)17-19-67(68,20-22-72-64(69)70)62(38)66(4,83)52(79)26-40(30-74)53-37-13-16-44(43)55(53)45-23-34(2)9-10-36(45)24-37/h11-12,14-15,18,21,24,29,34,37-38,40-41,43-48,50-57,60,62,71,73-76,78-80,83-84H,5,7,9-10,13,16-17,19-20,22-23,25-28,30-33H2,1-4H3,(H4,69,70,72)/t34-,37+,38-,40-,41+,43-,44-,45+,46-,47-,48-,50-,51-,52+,53-,54+,55-,56-,57-,60+,62+,65+,66-,67-,68+/m0/s1. The lowest BCUT2D eigenvalue weighted by Crippen LogP contribution is -2.67. The van der Waals surface area contributed by atoms with Crippen LogP contribution in [0, 0.1) is 106 Å². The number of aliphatic hydroxyl groups is 7. The predicted molar refractivity (Wildman–Crippen MR) is 333 cm³/mol. The second kappa shape index (κ2) is 24.4. The largest absolute Gasteiger partial charge is 0.508 e. The van der Waals surface area contributed by atoms with Gasteiger partial charge >= 0.3 is 5.97 Å². The molecule has 2 aromatic rings. The highest BCUT2D eigenvalue weighted by Crippen LogP contribution is 2.73. The van der Waals surface area contributed by atoms with Gasteiger partial charge in [-0.05, 0) is 178 Å². The summed E-state index contributed by atoms with van der Waals surface area (Å²) < 4.78 is 6.40. The molecule has 1 aromatic heterocycles. The van der Waals surface area contributed by atoms with E-state index in [2.05, 4.69) is 47.1 Å². The molecule has 87 heavy (non-hydrogen) atoms. The first-order chi connectivity index (χ1) is 41.6. The number of hydrogen-bond acceptors (Lipinski definition) is 16. The lowest BCUT2D eigenvalue weighted by atomic mass is 9.43. The summed E-state index contributed by atoms with van der Waals surface area (Å²) in [7, 11) is 2.97. The number of nitrogens with two attached hydrogens (primary N) is 2. The molecule has 1 aromatic carbocycles. The molecule has 5 saturated carbocycles. The van der Waals surface area contributed by atoms with Gasteiger partial charge in [0.05, 0.1) is 47.7 Å². The number of benzene rings is 1. The molecule has 474 valence electrons. The molecular weight excluding hydrogens is 1140 g/mol. The van der Waals surface area contributed by atoms with Crippen molar-refractivity contribution in [3.63, 3.8) is 0 Å². The molecule has 8 aliphatic carbocycles. The lowest BCUT2D eigenvalue weighted by Gasteiger charge is -2.63. The number of H-pyrrole nitrogens is 1. The molecule has 2 saturated heterocycles. The Hall–Kier alpha value is -4.36. The molecule has 14 N–H and O–H groups in total. The van der Waals surface area contributed by atoms with Gasteiger partial charge in [0, 0.05) is 90.8 Å². The zero-order chi connectivity index (χ0) is 61.6. The Morgan fingerprint density at radius 1 is 0.908 bits per heavy atom. The summed E-state index contributed by atoms with van der Waals surface area (Å²) in [6, 6.07) is 7.29. The maximum atomic E-state index is 16.3. The smallest absolute Gasteiger partial charge is 0.314 e. The van der Waals surface area contributed by atoms with Crippen molar-refractivity contribution in [2.24, 2.45) is 110 Å². The van der Waals surface area contributed by atoms with Crippen LogP contribution in [0.1, 0.15) is 141 Å². The van der Waals surface area contributed by atoms with Crippen LogP contribution in [0.5, 0.6) is 5.75 Å². The molecule has 3 heterocycles. The minimum atomic E-state index is -2.02. The van der Waals surface area contributed by atoms with E-state index in [0.29, 0.717) is 30.1 Å². The quantitative estimate of drug-likeness (QED) is 0.0330. The summed E-state index contributed by atoms with van der Waals surface area (Å²) in [5.41, 5.74) is 9.13. The molecule has 25 atom stereocenters. The van der Waals surface area contributed by atoms with E-state index in [1.807, 2.05) is 25.4 Å². The van der Waals surface area contributed by atoms with Gasteiger partial charge < -0.3 is 67.4 Å². The van der Waals surface area contributed by atoms with Crippen LogP contribution in [-0.2, 0) is 19.1 Å². The number of aromatic amines is 1. The third-order valence-corrected chi connectivity index (χ3v) is 27.1. The fourth-order valence-corrected chi connectivity index (χ4v) is 23.7. The summed E-state index contributed by atoms with van der Waals surface area (Å²) >= 11 is 0. The first kappa shape index (κ1) is 62.8. The van der Waals surface area contributed by atoms with E-state index < -0.39 is 106 Å². The van der Waals surface area contributed by atoms with Gasteiger partial charge in [-0.25, -0.2) is 0 Å². The van der Waals surface area contributed by atoms with E-state index in [4.69, 9.17) is 16.2 Å². The molecule has 12 rings (SSSR count). The SMILES string of the molecule is CC[C@@H]1OC(=O)[C@H](c2cc[nH]c2)[C@H]1[C@H]1C#CC[C@H]2C[C@@]3(O)C4=C5N[C@@H](CO)C(=O)C[C@@H](c6ccc(O)cc6)CSSC[C@@H]6[C@@H](O)[C@@H](O)C[C@@](C)([C@@H]6C5=O)[C@H]4CC[C@]3(CCN=C(N)N)[C@H]2[C@@](C)(O)[C@H](O)C[C@@H](CO)[C@H]2[C@H]3[C@H]1CC[C@@H]2C=C1CC[C@H](C)C[C@H]13. The Morgan fingerprint density at radius 2 is 1.68 bits per heavy atom. The van der Waals surface area contributed by atoms with Crippen LogP contribution in [0.2, 0.25) is 0 Å². The number of ketones is 2. The van der Waals surface area contributed by atoms with Crippen LogP contribution in [0.15, 0.2) is 70.6 Å². The number of aliphatic imine (C=N–C) groups is 1. The first-order valence-electron chi connectivity index (χ1n) is 32.5. The monoisotopic (exact) mass is 1240 g/mol. The fraction of sp³-hybridized carbons (Fsp3) is 0.706. The molecule has 19 heteroatoms. The topological polar surface area (TPSA) is 315 Å². The average Bonchev–Trinajstić information content (AvgIpc) is 1.62. The van der Waals surface area contributed by atoms with E-state index in [9.17, 15) is 50.4 Å². The number of phenolic OH excluding ortho intramolecular Hbond substituents is 1. The van der Waals surface area contributed by atoms with Crippen molar-refractivity contribution < 1.29 is 60.0 Å². The number of rotatable bonds is 9. The van der Waals surface area contributed by atoms with Crippen molar-refractivity contribution in [1.29, 1.82) is 0 Å². The Kier molecular flexibility index (Phi) is 17.6. The number of aromatic hydroxyl groups is 1. The van der Waals surface area contributed by atoms with Gasteiger partial charge in [-0.3, -0.25) is 19.4 Å². The molecule has 10 aliphatic rings. The van der Waals surface area contributed by atoms with Crippen molar-refractivity contribution in [3.8, 4) is 17.6 Å². The van der Waals surface area contributed by atoms with Gasteiger partial charge in [0.15, 0.2) is 17.5 Å². The molecule has 0 radical (unpaired) electrons. The van der Waals surface area contributed by atoms with Crippen molar-refractivity contribution in [2.45, 2.75) is 171 Å². The van der Waals surface area contributed by atoms with Crippen molar-refractivity contribution >= 4 is 45.1 Å². The predicted octanol–water partition coefficient (Wildman–Crippen LogP) is 6.24. The van der Waals surface area contributed by atoms with Crippen LogP contribution in [0.3, 0.4) is 0 Å². The number of ether oxygens (including phenoxy) is 1. The zero-order valence-electron chi connectivity index (χ0n) is 50.8. The molecule has 0 unspecified atom stereocenters. The Balaban J connectivity index is 1.05. The number of nitrogens with one attached hydrogen (secondary N) is 2. The number of nitrogens with zero attached hydrogens (tertiary/aromatic N) is 1. The number of fused-ring (bicyclic) bond motifs is 8.